The van der Waals surface area contributed by atoms with Crippen molar-refractivity contribution in [2.75, 3.05) is 5.32 Å². The normalized spacial score (nSPS) is 22.3. The molecule has 1 heterocycles. The number of hydrogen-bond donors (Lipinski definition) is 2. The number of Topliss-reactive ketones (excluding diaryl/α,β-unsaturated/α-hetero) is 1. The summed E-state index contributed by atoms with van der Waals surface area (Å²) in [4.78, 5) is 18.3. The monoisotopic (exact) mass is 421 g/mol. The number of anilines is 1. The summed E-state index contributed by atoms with van der Waals surface area (Å²) in [5.74, 6) is 0.676. The summed E-state index contributed by atoms with van der Waals surface area (Å²) in [6, 6.07) is 26.6. The van der Waals surface area contributed by atoms with Gasteiger partial charge in [0.05, 0.1) is 12.0 Å². The summed E-state index contributed by atoms with van der Waals surface area (Å²) >= 11 is 0. The maximum Gasteiger partial charge on any atom is 0.200 e. The van der Waals surface area contributed by atoms with Gasteiger partial charge in [0.1, 0.15) is 5.78 Å². The van der Waals surface area contributed by atoms with E-state index < -0.39 is 0 Å². The molecule has 3 atom stereocenters. The van der Waals surface area contributed by atoms with Crippen LogP contribution in [0.15, 0.2) is 95.6 Å². The van der Waals surface area contributed by atoms with E-state index in [4.69, 9.17) is 4.99 Å². The van der Waals surface area contributed by atoms with E-state index in [0.717, 1.165) is 16.9 Å². The first-order valence-corrected chi connectivity index (χ1v) is 11.1. The Kier molecular flexibility index (Phi) is 5.36. The fraction of sp³-hybridized carbons (Fsp3) is 0.214. The Hall–Kier alpha value is -3.66. The van der Waals surface area contributed by atoms with E-state index in [9.17, 15) is 4.79 Å². The van der Waals surface area contributed by atoms with E-state index in [-0.39, 0.29) is 23.7 Å². The lowest BCUT2D eigenvalue weighted by Gasteiger charge is -2.36. The second kappa shape index (κ2) is 8.46. The number of nitrogens with zero attached hydrogens (tertiary/aromatic N) is 1. The largest absolute Gasteiger partial charge is 0.329 e. The van der Waals surface area contributed by atoms with Crippen LogP contribution in [0.1, 0.15) is 40.6 Å². The van der Waals surface area contributed by atoms with Gasteiger partial charge in [-0.05, 0) is 37.1 Å². The van der Waals surface area contributed by atoms with Crippen LogP contribution in [0.25, 0.3) is 0 Å². The molecule has 0 unspecified atom stereocenters. The maximum absolute atomic E-state index is 13.4. The van der Waals surface area contributed by atoms with Gasteiger partial charge >= 0.3 is 0 Å². The van der Waals surface area contributed by atoms with E-state index >= 15 is 0 Å². The van der Waals surface area contributed by atoms with Gasteiger partial charge in [0, 0.05) is 23.7 Å². The number of guanidine groups is 1. The minimum absolute atomic E-state index is 0.0667. The molecule has 3 aromatic rings. The lowest BCUT2D eigenvalue weighted by atomic mass is 9.76. The van der Waals surface area contributed by atoms with Crippen LogP contribution in [-0.2, 0) is 4.79 Å². The Labute approximate surface area is 189 Å². The van der Waals surface area contributed by atoms with Crippen molar-refractivity contribution in [3.8, 4) is 0 Å². The minimum Gasteiger partial charge on any atom is -0.329 e. The molecule has 0 saturated carbocycles. The van der Waals surface area contributed by atoms with Crippen LogP contribution in [-0.4, -0.2) is 11.7 Å². The molecule has 0 bridgehead atoms. The molecule has 0 spiro atoms. The van der Waals surface area contributed by atoms with Crippen molar-refractivity contribution < 1.29 is 4.79 Å². The Balaban J connectivity index is 1.53. The van der Waals surface area contributed by atoms with Crippen molar-refractivity contribution in [2.24, 2.45) is 10.9 Å². The number of carbonyl (C=O) groups excluding carboxylic acids is 1. The molecule has 32 heavy (non-hydrogen) atoms. The number of hydrogen-bond acceptors (Lipinski definition) is 4. The van der Waals surface area contributed by atoms with Crippen molar-refractivity contribution in [3.63, 3.8) is 0 Å². The second-order valence-corrected chi connectivity index (χ2v) is 8.74. The molecule has 0 amide bonds. The van der Waals surface area contributed by atoms with E-state index in [1.807, 2.05) is 30.3 Å². The first-order chi connectivity index (χ1) is 15.6. The fourth-order valence-corrected chi connectivity index (χ4v) is 4.53. The fourth-order valence-electron chi connectivity index (χ4n) is 4.53. The summed E-state index contributed by atoms with van der Waals surface area (Å²) < 4.78 is 0. The Morgan fingerprint density at radius 3 is 2.19 bits per heavy atom. The molecule has 0 radical (unpaired) electrons. The number of nitrogens with one attached hydrogen (secondary N) is 2. The highest BCUT2D eigenvalue weighted by molar-refractivity contribution is 5.98. The van der Waals surface area contributed by atoms with Crippen LogP contribution in [0, 0.1) is 19.8 Å². The third-order valence-electron chi connectivity index (χ3n) is 6.29. The highest BCUT2D eigenvalue weighted by atomic mass is 16.1. The minimum atomic E-state index is -0.289. The van der Waals surface area contributed by atoms with E-state index in [1.54, 1.807) is 0 Å². The highest BCUT2D eigenvalue weighted by Crippen LogP contribution is 2.41. The van der Waals surface area contributed by atoms with Gasteiger partial charge in [0.15, 0.2) is 0 Å². The number of allylic oxidation sites excluding steroid dienone is 1. The van der Waals surface area contributed by atoms with Crippen molar-refractivity contribution in [1.29, 1.82) is 0 Å². The number of aliphatic imine (C=N–C) groups is 1. The van der Waals surface area contributed by atoms with Gasteiger partial charge in [-0.25, -0.2) is 4.99 Å². The Bertz CT molecular complexity index is 1180. The number of benzene rings is 3. The number of aryl methyl sites for hydroxylation is 2. The zero-order valence-electron chi connectivity index (χ0n) is 18.4. The van der Waals surface area contributed by atoms with Crippen LogP contribution in [0.2, 0.25) is 0 Å². The topological polar surface area (TPSA) is 53.5 Å². The molecular formula is C28H27N3O. The van der Waals surface area contributed by atoms with Crippen molar-refractivity contribution in [2.45, 2.75) is 32.2 Å². The predicted octanol–water partition coefficient (Wildman–Crippen LogP) is 5.67. The van der Waals surface area contributed by atoms with Gasteiger partial charge < -0.3 is 10.6 Å². The van der Waals surface area contributed by atoms with Gasteiger partial charge in [-0.15, -0.1) is 0 Å². The maximum atomic E-state index is 13.4. The van der Waals surface area contributed by atoms with E-state index in [0.29, 0.717) is 12.4 Å². The van der Waals surface area contributed by atoms with Gasteiger partial charge in [-0.2, -0.15) is 0 Å². The first kappa shape index (κ1) is 20.3. The third kappa shape index (κ3) is 4.09. The second-order valence-electron chi connectivity index (χ2n) is 8.74. The standard InChI is InChI=1S/C28H27N3O/c1-18-8-12-20(13-9-18)22-16-24-26(25(32)17-22)27(21-6-4-3-5-7-21)31-28(30-24)29-23-14-10-19(2)11-15-23/h3-16,22,26-27H,17H2,1-2H3,(H2,29,30,31)/t22-,26+,27+/m0/s1. The average Bonchev–Trinajstić information content (AvgIpc) is 2.81. The molecule has 4 nitrogen and oxygen atoms in total. The Morgan fingerprint density at radius 2 is 1.50 bits per heavy atom. The first-order valence-electron chi connectivity index (χ1n) is 11.1. The molecule has 3 aromatic carbocycles. The molecule has 5 rings (SSSR count). The van der Waals surface area contributed by atoms with Crippen LogP contribution in [0.3, 0.4) is 0 Å². The van der Waals surface area contributed by atoms with Crippen molar-refractivity contribution >= 4 is 17.4 Å². The summed E-state index contributed by atoms with van der Waals surface area (Å²) in [5, 5.41) is 6.84. The molecule has 0 fully saturated rings. The van der Waals surface area contributed by atoms with Crippen LogP contribution < -0.4 is 10.6 Å². The number of ketones is 1. The molecule has 160 valence electrons. The van der Waals surface area contributed by atoms with Crippen LogP contribution in [0.5, 0.6) is 0 Å². The van der Waals surface area contributed by atoms with E-state index in [2.05, 4.69) is 79.1 Å². The summed E-state index contributed by atoms with van der Waals surface area (Å²) in [7, 11) is 0. The molecule has 2 N–H and O–H groups in total. The molecule has 4 heteroatoms. The smallest absolute Gasteiger partial charge is 0.200 e. The highest BCUT2D eigenvalue weighted by Gasteiger charge is 2.40. The van der Waals surface area contributed by atoms with Crippen LogP contribution in [0.4, 0.5) is 5.69 Å². The SMILES string of the molecule is Cc1ccc(NC2=N[C@H](c3ccccc3)[C@H]3C(=O)C[C@@H](c4ccc(C)cc4)C=C3N2)cc1. The Morgan fingerprint density at radius 1 is 0.844 bits per heavy atom. The van der Waals surface area contributed by atoms with Gasteiger partial charge in [-0.1, -0.05) is 83.9 Å². The summed E-state index contributed by atoms with van der Waals surface area (Å²) in [5.41, 5.74) is 6.55. The van der Waals surface area contributed by atoms with Gasteiger partial charge in [0.25, 0.3) is 0 Å². The molecule has 1 aliphatic carbocycles. The zero-order valence-corrected chi connectivity index (χ0v) is 18.4. The summed E-state index contributed by atoms with van der Waals surface area (Å²) in [6.45, 7) is 4.15. The lowest BCUT2D eigenvalue weighted by molar-refractivity contribution is -0.123. The number of fused-ring (bicyclic) bond motifs is 1. The summed E-state index contributed by atoms with van der Waals surface area (Å²) in [6.07, 6.45) is 2.72. The lowest BCUT2D eigenvalue weighted by Crippen LogP contribution is -2.44. The molecule has 2 aliphatic rings. The zero-order chi connectivity index (χ0) is 22.1. The van der Waals surface area contributed by atoms with Gasteiger partial charge in [-0.3, -0.25) is 4.79 Å². The van der Waals surface area contributed by atoms with E-state index in [1.165, 1.54) is 16.7 Å². The average molecular weight is 422 g/mol. The molecule has 1 aliphatic heterocycles. The quantitative estimate of drug-likeness (QED) is 0.573. The van der Waals surface area contributed by atoms with Gasteiger partial charge in [0.2, 0.25) is 5.96 Å². The predicted molar refractivity (Wildman–Crippen MR) is 130 cm³/mol. The third-order valence-corrected chi connectivity index (χ3v) is 6.29. The number of rotatable bonds is 3. The molecule has 0 aromatic heterocycles. The van der Waals surface area contributed by atoms with Crippen molar-refractivity contribution in [1.82, 2.24) is 5.32 Å². The van der Waals surface area contributed by atoms with Crippen LogP contribution >= 0.6 is 0 Å². The molecular weight excluding hydrogens is 394 g/mol. The van der Waals surface area contributed by atoms with Crippen molar-refractivity contribution in [3.05, 3.63) is 113 Å². The molecule has 0 saturated heterocycles. The number of carbonyl (C=O) groups is 1.